The maximum absolute atomic E-state index is 14.3. The summed E-state index contributed by atoms with van der Waals surface area (Å²) in [6.45, 7) is 5.61. The first-order valence-corrected chi connectivity index (χ1v) is 15.6. The Kier molecular flexibility index (Phi) is 8.44. The van der Waals surface area contributed by atoms with Crippen LogP contribution in [-0.4, -0.2) is 35.2 Å². The summed E-state index contributed by atoms with van der Waals surface area (Å²) >= 11 is 1.13. The number of nitro benzene ring substituents is 1. The van der Waals surface area contributed by atoms with E-state index < -0.39 is 28.3 Å². The maximum atomic E-state index is 14.3. The van der Waals surface area contributed by atoms with Gasteiger partial charge in [-0.05, 0) is 55.5 Å². The average molecular weight is 627 g/mol. The van der Waals surface area contributed by atoms with Gasteiger partial charge >= 0.3 is 5.97 Å². The van der Waals surface area contributed by atoms with Gasteiger partial charge < -0.3 is 9.64 Å². The number of anilines is 1. The molecule has 3 aromatic carbocycles. The van der Waals surface area contributed by atoms with Gasteiger partial charge in [0.2, 0.25) is 0 Å². The summed E-state index contributed by atoms with van der Waals surface area (Å²) in [4.78, 5) is 46.5. The molecule has 3 heterocycles. The Balaban J connectivity index is 1.60. The topological polar surface area (TPSA) is 107 Å². The minimum Gasteiger partial charge on any atom is -0.463 e. The maximum Gasteiger partial charge on any atom is 0.338 e. The molecule has 0 unspecified atom stereocenters. The number of piperidine rings is 1. The number of nitrogens with zero attached hydrogens (tertiary/aromatic N) is 4. The fourth-order valence-corrected chi connectivity index (χ4v) is 6.84. The molecule has 9 nitrogen and oxygen atoms in total. The summed E-state index contributed by atoms with van der Waals surface area (Å²) < 4.78 is 21.3. The number of ether oxygens (including phenoxy) is 1. The third-order valence-electron chi connectivity index (χ3n) is 8.19. The van der Waals surface area contributed by atoms with E-state index in [1.807, 2.05) is 30.3 Å². The van der Waals surface area contributed by atoms with Crippen molar-refractivity contribution in [3.8, 4) is 0 Å². The van der Waals surface area contributed by atoms with Crippen molar-refractivity contribution >= 4 is 40.5 Å². The zero-order valence-corrected chi connectivity index (χ0v) is 25.6. The molecule has 0 aliphatic carbocycles. The summed E-state index contributed by atoms with van der Waals surface area (Å²) in [6, 6.07) is 18.6. The number of thiazole rings is 1. The molecule has 1 atom stereocenters. The molecule has 1 aromatic heterocycles. The monoisotopic (exact) mass is 626 g/mol. The molecule has 6 rings (SSSR count). The van der Waals surface area contributed by atoms with E-state index in [1.54, 1.807) is 31.2 Å². The number of rotatable bonds is 7. The van der Waals surface area contributed by atoms with Crippen LogP contribution in [0.15, 0.2) is 88.2 Å². The molecule has 230 valence electrons. The van der Waals surface area contributed by atoms with Crippen molar-refractivity contribution in [3.63, 3.8) is 0 Å². The van der Waals surface area contributed by atoms with E-state index in [0.717, 1.165) is 43.0 Å². The molecule has 2 aliphatic heterocycles. The molecular weight excluding hydrogens is 595 g/mol. The fraction of sp³-hybridized carbons (Fsp3) is 0.265. The van der Waals surface area contributed by atoms with Crippen LogP contribution in [0.4, 0.5) is 15.8 Å². The van der Waals surface area contributed by atoms with E-state index in [4.69, 9.17) is 9.73 Å². The van der Waals surface area contributed by atoms with Crippen LogP contribution >= 0.6 is 11.3 Å². The lowest BCUT2D eigenvalue weighted by Gasteiger charge is -2.33. The molecule has 0 N–H and O–H groups in total. The Morgan fingerprint density at radius 1 is 1.11 bits per heavy atom. The Hall–Kier alpha value is -4.90. The molecular formula is C34H31FN4O5S. The number of carbonyl (C=O) groups excluding carboxylic acids is 1. The van der Waals surface area contributed by atoms with Gasteiger partial charge in [0.1, 0.15) is 5.82 Å². The number of nitro groups is 1. The Morgan fingerprint density at radius 2 is 1.82 bits per heavy atom. The molecule has 2 aliphatic rings. The second-order valence-electron chi connectivity index (χ2n) is 11.2. The van der Waals surface area contributed by atoms with E-state index in [2.05, 4.69) is 11.8 Å². The second kappa shape index (κ2) is 12.6. The minimum atomic E-state index is -0.952. The number of hydrogen-bond donors (Lipinski definition) is 0. The highest BCUT2D eigenvalue weighted by atomic mass is 32.1. The van der Waals surface area contributed by atoms with Gasteiger partial charge in [0, 0.05) is 42.0 Å². The minimum absolute atomic E-state index is 0.0803. The predicted octanol–water partition coefficient (Wildman–Crippen LogP) is 5.22. The molecule has 0 radical (unpaired) electrons. The number of halogens is 1. The van der Waals surface area contributed by atoms with E-state index in [1.165, 1.54) is 28.8 Å². The number of hydrogen-bond acceptors (Lipinski definition) is 8. The van der Waals surface area contributed by atoms with Crippen molar-refractivity contribution in [3.05, 3.63) is 131 Å². The zero-order chi connectivity index (χ0) is 31.7. The molecule has 45 heavy (non-hydrogen) atoms. The normalized spacial score (nSPS) is 17.2. The van der Waals surface area contributed by atoms with Gasteiger partial charge in [-0.25, -0.2) is 14.2 Å². The number of benzene rings is 3. The van der Waals surface area contributed by atoms with Crippen molar-refractivity contribution in [2.45, 2.75) is 32.7 Å². The number of carbonyl (C=O) groups is 1. The van der Waals surface area contributed by atoms with Crippen LogP contribution < -0.4 is 19.8 Å². The van der Waals surface area contributed by atoms with Crippen LogP contribution in [0.5, 0.6) is 0 Å². The van der Waals surface area contributed by atoms with Gasteiger partial charge in [0.25, 0.3) is 11.2 Å². The summed E-state index contributed by atoms with van der Waals surface area (Å²) in [6.07, 6.45) is 3.66. The molecule has 4 aromatic rings. The van der Waals surface area contributed by atoms with E-state index in [-0.39, 0.29) is 17.9 Å². The Labute approximate surface area is 262 Å². The first-order chi connectivity index (χ1) is 21.7. The number of aromatic nitrogens is 1. The Bertz CT molecular complexity index is 1980. The molecule has 0 saturated carbocycles. The highest BCUT2D eigenvalue weighted by Crippen LogP contribution is 2.35. The van der Waals surface area contributed by atoms with Crippen molar-refractivity contribution in [2.75, 3.05) is 24.6 Å². The van der Waals surface area contributed by atoms with Crippen LogP contribution in [0.3, 0.4) is 0 Å². The second-order valence-corrected chi connectivity index (χ2v) is 12.2. The van der Waals surface area contributed by atoms with E-state index in [0.29, 0.717) is 37.6 Å². The van der Waals surface area contributed by atoms with Crippen molar-refractivity contribution in [1.29, 1.82) is 0 Å². The van der Waals surface area contributed by atoms with E-state index in [9.17, 15) is 24.1 Å². The van der Waals surface area contributed by atoms with Gasteiger partial charge in [0.15, 0.2) is 4.80 Å². The lowest BCUT2D eigenvalue weighted by molar-refractivity contribution is -0.384. The fourth-order valence-electron chi connectivity index (χ4n) is 5.85. The van der Waals surface area contributed by atoms with Gasteiger partial charge in [-0.1, -0.05) is 60.7 Å². The quantitative estimate of drug-likeness (QED) is 0.158. The SMILES string of the molecule is CCOC(=O)C1=C(c2ccccc2)N=c2s/c(=C/c3cc([N+](=O)[O-])ccc3N3CCC(C)CC3)c(=O)n2[C@H]1c1ccc(F)cc1. The first kappa shape index (κ1) is 30.1. The first-order valence-electron chi connectivity index (χ1n) is 14.8. The lowest BCUT2D eigenvalue weighted by Crippen LogP contribution is -2.40. The molecule has 0 bridgehead atoms. The van der Waals surface area contributed by atoms with Gasteiger partial charge in [0.05, 0.1) is 33.4 Å². The third-order valence-corrected chi connectivity index (χ3v) is 9.18. The van der Waals surface area contributed by atoms with Gasteiger partial charge in [-0.2, -0.15) is 0 Å². The lowest BCUT2D eigenvalue weighted by atomic mass is 9.93. The third kappa shape index (κ3) is 5.95. The summed E-state index contributed by atoms with van der Waals surface area (Å²) in [5, 5.41) is 11.7. The average Bonchev–Trinajstić information content (AvgIpc) is 3.35. The zero-order valence-electron chi connectivity index (χ0n) is 24.8. The van der Waals surface area contributed by atoms with Crippen molar-refractivity contribution in [1.82, 2.24) is 4.57 Å². The highest BCUT2D eigenvalue weighted by Gasteiger charge is 2.35. The van der Waals surface area contributed by atoms with Crippen molar-refractivity contribution < 1.29 is 18.8 Å². The Morgan fingerprint density at radius 3 is 2.49 bits per heavy atom. The molecule has 11 heteroatoms. The standard InChI is InChI=1S/C34H31FN4O5S/c1-3-44-33(41)29-30(22-7-5-4-6-8-22)36-34-38(31(29)23-9-11-25(35)12-10-23)32(40)28(45-34)20-24-19-26(39(42)43)13-14-27(24)37-17-15-21(2)16-18-37/h4-14,19-21,31H,3,15-18H2,1-2H3/b28-20+/t31-/m0/s1. The molecule has 0 spiro atoms. The van der Waals surface area contributed by atoms with Crippen LogP contribution in [0, 0.1) is 21.8 Å². The number of fused-ring (bicyclic) bond motifs is 1. The number of esters is 1. The largest absolute Gasteiger partial charge is 0.463 e. The van der Waals surface area contributed by atoms with Crippen molar-refractivity contribution in [2.24, 2.45) is 10.9 Å². The van der Waals surface area contributed by atoms with Gasteiger partial charge in [-0.15, -0.1) is 0 Å². The summed E-state index contributed by atoms with van der Waals surface area (Å²) in [5.41, 5.74) is 2.54. The number of non-ortho nitro benzene ring substituents is 1. The summed E-state index contributed by atoms with van der Waals surface area (Å²) in [5.74, 6) is -0.504. The van der Waals surface area contributed by atoms with Crippen LogP contribution in [0.2, 0.25) is 0 Å². The highest BCUT2D eigenvalue weighted by molar-refractivity contribution is 7.07. The molecule has 1 saturated heterocycles. The van der Waals surface area contributed by atoms with Crippen LogP contribution in [0.1, 0.15) is 49.4 Å². The smallest absolute Gasteiger partial charge is 0.338 e. The van der Waals surface area contributed by atoms with Crippen LogP contribution in [-0.2, 0) is 9.53 Å². The van der Waals surface area contributed by atoms with Crippen LogP contribution in [0.25, 0.3) is 11.8 Å². The summed E-state index contributed by atoms with van der Waals surface area (Å²) in [7, 11) is 0. The molecule has 0 amide bonds. The molecule has 1 fully saturated rings. The van der Waals surface area contributed by atoms with E-state index >= 15 is 0 Å². The predicted molar refractivity (Wildman–Crippen MR) is 171 cm³/mol. The van der Waals surface area contributed by atoms with Gasteiger partial charge in [-0.3, -0.25) is 19.5 Å².